The topological polar surface area (TPSA) is 58.6 Å². The lowest BCUT2D eigenvalue weighted by Crippen LogP contribution is -2.62. The standard InChI is InChI=1S/C21H28N2O3/c24-18(9-12-23-11-5-4-8-19(23)25)22-20-16-10-13-26-21(16)17(20)14-15-6-2-1-3-7-15/h1-3,6-7,16-17,20-21H,4-5,8-14H2,(H,22,24)/t16-,17+,20-,21-/m1/s1. The molecular formula is C21H28N2O3. The first kappa shape index (κ1) is 17.5. The van der Waals surface area contributed by atoms with E-state index in [9.17, 15) is 9.59 Å². The minimum Gasteiger partial charge on any atom is -0.377 e. The Morgan fingerprint density at radius 2 is 2.08 bits per heavy atom. The smallest absolute Gasteiger partial charge is 0.222 e. The van der Waals surface area contributed by atoms with E-state index < -0.39 is 0 Å². The average Bonchev–Trinajstić information content (AvgIpc) is 3.09. The van der Waals surface area contributed by atoms with Crippen molar-refractivity contribution < 1.29 is 14.3 Å². The van der Waals surface area contributed by atoms with Gasteiger partial charge in [-0.15, -0.1) is 0 Å². The molecule has 0 spiro atoms. The number of ether oxygens (including phenoxy) is 1. The summed E-state index contributed by atoms with van der Waals surface area (Å²) in [6.07, 6.45) is 5.32. The van der Waals surface area contributed by atoms with Gasteiger partial charge >= 0.3 is 0 Å². The third-order valence-corrected chi connectivity index (χ3v) is 6.20. The van der Waals surface area contributed by atoms with Gasteiger partial charge in [0.25, 0.3) is 0 Å². The number of likely N-dealkylation sites (tertiary alicyclic amines) is 1. The quantitative estimate of drug-likeness (QED) is 0.850. The Kier molecular flexibility index (Phi) is 5.25. The van der Waals surface area contributed by atoms with Crippen LogP contribution in [0.1, 0.15) is 37.7 Å². The Morgan fingerprint density at radius 3 is 2.88 bits per heavy atom. The predicted molar refractivity (Wildman–Crippen MR) is 98.5 cm³/mol. The van der Waals surface area contributed by atoms with Gasteiger partial charge in [-0.2, -0.15) is 0 Å². The van der Waals surface area contributed by atoms with Gasteiger partial charge in [-0.1, -0.05) is 30.3 Å². The van der Waals surface area contributed by atoms with Crippen molar-refractivity contribution in [1.82, 2.24) is 10.2 Å². The summed E-state index contributed by atoms with van der Waals surface area (Å²) in [7, 11) is 0. The fraction of sp³-hybridized carbons (Fsp3) is 0.619. The Balaban J connectivity index is 1.31. The van der Waals surface area contributed by atoms with Gasteiger partial charge in [0.2, 0.25) is 11.8 Å². The highest BCUT2D eigenvalue weighted by atomic mass is 16.5. The van der Waals surface area contributed by atoms with Crippen LogP contribution in [0.4, 0.5) is 0 Å². The molecule has 5 heteroatoms. The van der Waals surface area contributed by atoms with Crippen LogP contribution in [-0.2, 0) is 20.7 Å². The highest BCUT2D eigenvalue weighted by Crippen LogP contribution is 2.45. The van der Waals surface area contributed by atoms with Crippen molar-refractivity contribution in [3.63, 3.8) is 0 Å². The van der Waals surface area contributed by atoms with Gasteiger partial charge in [0.1, 0.15) is 0 Å². The molecule has 0 unspecified atom stereocenters. The maximum atomic E-state index is 12.5. The van der Waals surface area contributed by atoms with Crippen molar-refractivity contribution >= 4 is 11.8 Å². The summed E-state index contributed by atoms with van der Waals surface area (Å²) in [6.45, 7) is 2.14. The summed E-state index contributed by atoms with van der Waals surface area (Å²) in [4.78, 5) is 26.2. The van der Waals surface area contributed by atoms with Gasteiger partial charge in [0.15, 0.2) is 0 Å². The maximum absolute atomic E-state index is 12.5. The van der Waals surface area contributed by atoms with Crippen molar-refractivity contribution in [1.29, 1.82) is 0 Å². The molecule has 0 radical (unpaired) electrons. The number of carbonyl (C=O) groups is 2. The van der Waals surface area contributed by atoms with Crippen LogP contribution in [0.5, 0.6) is 0 Å². The molecule has 3 fully saturated rings. The molecule has 2 amide bonds. The van der Waals surface area contributed by atoms with E-state index in [0.29, 0.717) is 31.2 Å². The molecule has 0 aromatic heterocycles. The van der Waals surface area contributed by atoms with Crippen molar-refractivity contribution in [3.05, 3.63) is 35.9 Å². The zero-order valence-corrected chi connectivity index (χ0v) is 15.2. The Bertz CT molecular complexity index is 648. The lowest BCUT2D eigenvalue weighted by atomic mass is 9.64. The molecule has 4 rings (SSSR count). The van der Waals surface area contributed by atoms with E-state index in [1.165, 1.54) is 5.56 Å². The van der Waals surface area contributed by atoms with Crippen LogP contribution in [0.2, 0.25) is 0 Å². The SMILES string of the molecule is O=C(CCN1CCCCC1=O)N[C@@H]1[C@H]2CCO[C@H]2[C@H]1Cc1ccccc1. The van der Waals surface area contributed by atoms with Gasteiger partial charge in [0, 0.05) is 50.4 Å². The van der Waals surface area contributed by atoms with Crippen LogP contribution in [0.25, 0.3) is 0 Å². The van der Waals surface area contributed by atoms with Crippen LogP contribution in [0.3, 0.4) is 0 Å². The Labute approximate surface area is 155 Å². The first-order chi connectivity index (χ1) is 12.7. The highest BCUT2D eigenvalue weighted by Gasteiger charge is 2.53. The van der Waals surface area contributed by atoms with Crippen molar-refractivity contribution in [2.75, 3.05) is 19.7 Å². The molecule has 2 saturated heterocycles. The van der Waals surface area contributed by atoms with Crippen LogP contribution in [0, 0.1) is 11.8 Å². The summed E-state index contributed by atoms with van der Waals surface area (Å²) >= 11 is 0. The van der Waals surface area contributed by atoms with E-state index in [-0.39, 0.29) is 24.0 Å². The number of hydrogen-bond donors (Lipinski definition) is 1. The molecule has 5 nitrogen and oxygen atoms in total. The molecule has 4 atom stereocenters. The third-order valence-electron chi connectivity index (χ3n) is 6.20. The molecule has 1 aromatic rings. The lowest BCUT2D eigenvalue weighted by molar-refractivity contribution is -0.134. The van der Waals surface area contributed by atoms with Gasteiger partial charge in [-0.05, 0) is 31.2 Å². The molecule has 2 aliphatic heterocycles. The number of hydrogen-bond acceptors (Lipinski definition) is 3. The predicted octanol–water partition coefficient (Wildman–Crippen LogP) is 2.15. The van der Waals surface area contributed by atoms with Gasteiger partial charge in [-0.3, -0.25) is 9.59 Å². The second-order valence-corrected chi connectivity index (χ2v) is 7.82. The van der Waals surface area contributed by atoms with Crippen molar-refractivity contribution in [3.8, 4) is 0 Å². The van der Waals surface area contributed by atoms with Crippen molar-refractivity contribution in [2.45, 2.75) is 50.7 Å². The molecule has 3 aliphatic rings. The summed E-state index contributed by atoms with van der Waals surface area (Å²) in [5.41, 5.74) is 1.30. The second-order valence-electron chi connectivity index (χ2n) is 7.82. The van der Waals surface area contributed by atoms with E-state index in [4.69, 9.17) is 4.74 Å². The number of fused-ring (bicyclic) bond motifs is 1. The van der Waals surface area contributed by atoms with E-state index in [2.05, 4.69) is 29.6 Å². The Hall–Kier alpha value is -1.88. The Morgan fingerprint density at radius 1 is 1.23 bits per heavy atom. The summed E-state index contributed by atoms with van der Waals surface area (Å²) in [5.74, 6) is 1.06. The molecule has 1 N–H and O–H groups in total. The number of piperidine rings is 1. The minimum absolute atomic E-state index is 0.0665. The van der Waals surface area contributed by atoms with Gasteiger partial charge in [0.05, 0.1) is 6.10 Å². The average molecular weight is 356 g/mol. The van der Waals surface area contributed by atoms with Gasteiger partial charge < -0.3 is 15.0 Å². The molecule has 0 bridgehead atoms. The maximum Gasteiger partial charge on any atom is 0.222 e. The minimum atomic E-state index is 0.0665. The van der Waals surface area contributed by atoms with Crippen LogP contribution >= 0.6 is 0 Å². The number of nitrogens with zero attached hydrogens (tertiary/aromatic N) is 1. The third kappa shape index (κ3) is 3.63. The molecule has 26 heavy (non-hydrogen) atoms. The van der Waals surface area contributed by atoms with E-state index in [1.54, 1.807) is 0 Å². The van der Waals surface area contributed by atoms with Crippen molar-refractivity contribution in [2.24, 2.45) is 11.8 Å². The summed E-state index contributed by atoms with van der Waals surface area (Å²) in [5, 5.41) is 3.26. The second kappa shape index (κ2) is 7.78. The number of carbonyl (C=O) groups excluding carboxylic acids is 2. The molecule has 2 heterocycles. The first-order valence-corrected chi connectivity index (χ1v) is 9.95. The molecule has 1 aliphatic carbocycles. The normalized spacial score (nSPS) is 30.6. The molecule has 1 saturated carbocycles. The zero-order chi connectivity index (χ0) is 17.9. The molecular weight excluding hydrogens is 328 g/mol. The number of nitrogens with one attached hydrogen (secondary N) is 1. The van der Waals surface area contributed by atoms with Crippen LogP contribution < -0.4 is 5.32 Å². The zero-order valence-electron chi connectivity index (χ0n) is 15.2. The first-order valence-electron chi connectivity index (χ1n) is 9.95. The van der Waals surface area contributed by atoms with Crippen LogP contribution in [0.15, 0.2) is 30.3 Å². The lowest BCUT2D eigenvalue weighted by Gasteiger charge is -2.48. The molecule has 140 valence electrons. The summed E-state index contributed by atoms with van der Waals surface area (Å²) in [6, 6.07) is 10.6. The van der Waals surface area contributed by atoms with Gasteiger partial charge in [-0.25, -0.2) is 0 Å². The van der Waals surface area contributed by atoms with Crippen LogP contribution in [-0.4, -0.2) is 48.6 Å². The van der Waals surface area contributed by atoms with E-state index in [0.717, 1.165) is 38.8 Å². The monoisotopic (exact) mass is 356 g/mol. The number of benzene rings is 1. The number of amides is 2. The fourth-order valence-electron chi connectivity index (χ4n) is 4.77. The molecule has 1 aromatic carbocycles. The highest BCUT2D eigenvalue weighted by molar-refractivity contribution is 5.79. The summed E-state index contributed by atoms with van der Waals surface area (Å²) < 4.78 is 5.91. The fourth-order valence-corrected chi connectivity index (χ4v) is 4.77. The van der Waals surface area contributed by atoms with E-state index >= 15 is 0 Å². The van der Waals surface area contributed by atoms with E-state index in [1.807, 2.05) is 11.0 Å². The number of rotatable bonds is 6. The largest absolute Gasteiger partial charge is 0.377 e.